The zero-order valence-electron chi connectivity index (χ0n) is 17.5. The second-order valence-electron chi connectivity index (χ2n) is 8.15. The fraction of sp³-hybridized carbons (Fsp3) is 0.458. The van der Waals surface area contributed by atoms with Gasteiger partial charge in [-0.25, -0.2) is 0 Å². The fourth-order valence-corrected chi connectivity index (χ4v) is 4.57. The van der Waals surface area contributed by atoms with E-state index in [-0.39, 0.29) is 23.6 Å². The maximum Gasteiger partial charge on any atom is 0.254 e. The van der Waals surface area contributed by atoms with E-state index in [0.717, 1.165) is 16.3 Å². The van der Waals surface area contributed by atoms with E-state index < -0.39 is 0 Å². The Morgan fingerprint density at radius 2 is 1.43 bits per heavy atom. The topological polar surface area (TPSA) is 60.9 Å². The average Bonchev–Trinajstić information content (AvgIpc) is 2.82. The van der Waals surface area contributed by atoms with Crippen LogP contribution in [0.25, 0.3) is 10.8 Å². The molecule has 0 aliphatic carbocycles. The van der Waals surface area contributed by atoms with Crippen LogP contribution >= 0.6 is 0 Å². The monoisotopic (exact) mass is 407 g/mol. The van der Waals surface area contributed by atoms with E-state index in [2.05, 4.69) is 0 Å². The highest BCUT2D eigenvalue weighted by atomic mass is 16.2. The van der Waals surface area contributed by atoms with Gasteiger partial charge in [0.05, 0.1) is 0 Å². The molecule has 3 amide bonds. The number of carbonyl (C=O) groups excluding carboxylic acids is 3. The molecule has 2 saturated heterocycles. The lowest BCUT2D eigenvalue weighted by Gasteiger charge is -2.38. The van der Waals surface area contributed by atoms with Gasteiger partial charge in [0.25, 0.3) is 5.91 Å². The lowest BCUT2D eigenvalue weighted by atomic mass is 9.94. The minimum Gasteiger partial charge on any atom is -0.339 e. The van der Waals surface area contributed by atoms with Gasteiger partial charge >= 0.3 is 0 Å². The van der Waals surface area contributed by atoms with Crippen LogP contribution in [-0.4, -0.2) is 71.7 Å². The van der Waals surface area contributed by atoms with Crippen LogP contribution in [0.15, 0.2) is 42.5 Å². The first-order chi connectivity index (χ1) is 14.6. The summed E-state index contributed by atoms with van der Waals surface area (Å²) in [7, 11) is 0. The lowest BCUT2D eigenvalue weighted by Crippen LogP contribution is -2.53. The van der Waals surface area contributed by atoms with Crippen LogP contribution in [0.4, 0.5) is 0 Å². The van der Waals surface area contributed by atoms with Crippen molar-refractivity contribution in [2.45, 2.75) is 26.2 Å². The van der Waals surface area contributed by atoms with Gasteiger partial charge in [-0.3, -0.25) is 14.4 Å². The summed E-state index contributed by atoms with van der Waals surface area (Å²) in [4.78, 5) is 43.5. The van der Waals surface area contributed by atoms with Crippen molar-refractivity contribution in [1.82, 2.24) is 14.7 Å². The number of hydrogen-bond acceptors (Lipinski definition) is 3. The van der Waals surface area contributed by atoms with Crippen molar-refractivity contribution in [1.29, 1.82) is 0 Å². The molecule has 0 radical (unpaired) electrons. The molecule has 0 aromatic heterocycles. The zero-order chi connectivity index (χ0) is 21.1. The van der Waals surface area contributed by atoms with Gasteiger partial charge in [-0.2, -0.15) is 0 Å². The Morgan fingerprint density at radius 3 is 2.13 bits per heavy atom. The van der Waals surface area contributed by atoms with E-state index >= 15 is 0 Å². The van der Waals surface area contributed by atoms with Crippen LogP contribution in [0, 0.1) is 5.92 Å². The predicted octanol–water partition coefficient (Wildman–Crippen LogP) is 2.77. The molecule has 2 aliphatic heterocycles. The molecule has 0 saturated carbocycles. The molecule has 2 aliphatic rings. The number of hydrogen-bond donors (Lipinski definition) is 0. The van der Waals surface area contributed by atoms with Gasteiger partial charge in [-0.05, 0) is 29.7 Å². The Hall–Kier alpha value is -2.89. The predicted molar refractivity (Wildman–Crippen MR) is 116 cm³/mol. The van der Waals surface area contributed by atoms with Crippen molar-refractivity contribution in [2.24, 2.45) is 5.92 Å². The highest BCUT2D eigenvalue weighted by molar-refractivity contribution is 6.07. The Labute approximate surface area is 177 Å². The first-order valence-electron chi connectivity index (χ1n) is 10.9. The minimum atomic E-state index is -0.0324. The van der Waals surface area contributed by atoms with Gasteiger partial charge in [0.1, 0.15) is 0 Å². The third-order valence-corrected chi connectivity index (χ3v) is 6.40. The SMILES string of the molecule is CCC(=O)N1CCN(C(=O)C2CCN(C(=O)c3cccc4ccccc34)CC2)CC1. The summed E-state index contributed by atoms with van der Waals surface area (Å²) in [5, 5.41) is 2.04. The largest absolute Gasteiger partial charge is 0.339 e. The van der Waals surface area contributed by atoms with E-state index in [1.165, 1.54) is 0 Å². The molecule has 30 heavy (non-hydrogen) atoms. The smallest absolute Gasteiger partial charge is 0.254 e. The van der Waals surface area contributed by atoms with Crippen LogP contribution in [0.2, 0.25) is 0 Å². The number of carbonyl (C=O) groups is 3. The number of piperazine rings is 1. The van der Waals surface area contributed by atoms with E-state index in [0.29, 0.717) is 58.5 Å². The molecule has 0 spiro atoms. The Balaban J connectivity index is 1.34. The first kappa shape index (κ1) is 20.4. The number of piperidine rings is 1. The molecular weight excluding hydrogens is 378 g/mol. The fourth-order valence-electron chi connectivity index (χ4n) is 4.57. The van der Waals surface area contributed by atoms with E-state index in [4.69, 9.17) is 0 Å². The van der Waals surface area contributed by atoms with Crippen molar-refractivity contribution in [3.05, 3.63) is 48.0 Å². The number of rotatable bonds is 3. The van der Waals surface area contributed by atoms with Gasteiger partial charge in [-0.15, -0.1) is 0 Å². The van der Waals surface area contributed by atoms with Gasteiger partial charge < -0.3 is 14.7 Å². The summed E-state index contributed by atoms with van der Waals surface area (Å²) in [5.74, 6) is 0.345. The van der Waals surface area contributed by atoms with E-state index in [1.54, 1.807) is 0 Å². The molecule has 0 unspecified atom stereocenters. The van der Waals surface area contributed by atoms with Crippen molar-refractivity contribution < 1.29 is 14.4 Å². The van der Waals surface area contributed by atoms with Gasteiger partial charge in [0.15, 0.2) is 0 Å². The number of nitrogens with zero attached hydrogens (tertiary/aromatic N) is 3. The van der Waals surface area contributed by atoms with Gasteiger partial charge in [0.2, 0.25) is 11.8 Å². The molecule has 2 aromatic carbocycles. The quantitative estimate of drug-likeness (QED) is 0.786. The Bertz CT molecular complexity index is 936. The third-order valence-electron chi connectivity index (χ3n) is 6.40. The van der Waals surface area contributed by atoms with E-state index in [1.807, 2.05) is 64.1 Å². The van der Waals surface area contributed by atoms with Crippen LogP contribution in [0.1, 0.15) is 36.5 Å². The first-order valence-corrected chi connectivity index (χ1v) is 10.9. The summed E-state index contributed by atoms with van der Waals surface area (Å²) in [6, 6.07) is 13.8. The highest BCUT2D eigenvalue weighted by Crippen LogP contribution is 2.25. The van der Waals surface area contributed by atoms with Crippen molar-refractivity contribution in [3.8, 4) is 0 Å². The molecule has 6 nitrogen and oxygen atoms in total. The van der Waals surface area contributed by atoms with Crippen LogP contribution in [-0.2, 0) is 9.59 Å². The second-order valence-corrected chi connectivity index (χ2v) is 8.15. The minimum absolute atomic E-state index is 0.0324. The summed E-state index contributed by atoms with van der Waals surface area (Å²) in [5.41, 5.74) is 0.731. The number of benzene rings is 2. The molecular formula is C24H29N3O3. The Morgan fingerprint density at radius 1 is 0.800 bits per heavy atom. The summed E-state index contributed by atoms with van der Waals surface area (Å²) in [6.45, 7) is 5.54. The average molecular weight is 408 g/mol. The molecule has 0 atom stereocenters. The third kappa shape index (κ3) is 4.04. The zero-order valence-corrected chi connectivity index (χ0v) is 17.5. The van der Waals surface area contributed by atoms with Gasteiger partial charge in [0, 0.05) is 57.2 Å². The summed E-state index contributed by atoms with van der Waals surface area (Å²) >= 11 is 0. The molecule has 2 aromatic rings. The molecule has 2 fully saturated rings. The number of likely N-dealkylation sites (tertiary alicyclic amines) is 1. The van der Waals surface area contributed by atoms with Crippen molar-refractivity contribution >= 4 is 28.5 Å². The molecule has 2 heterocycles. The standard InChI is InChI=1S/C24H29N3O3/c1-2-22(28)25-14-16-27(17-15-25)23(29)19-10-12-26(13-11-19)24(30)21-9-5-7-18-6-3-4-8-20(18)21/h3-9,19H,2,10-17H2,1H3. The maximum atomic E-state index is 13.1. The van der Waals surface area contributed by atoms with Gasteiger partial charge in [-0.1, -0.05) is 43.3 Å². The normalized spacial score (nSPS) is 18.0. The van der Waals surface area contributed by atoms with Crippen LogP contribution in [0.3, 0.4) is 0 Å². The summed E-state index contributed by atoms with van der Waals surface area (Å²) < 4.78 is 0. The number of amides is 3. The Kier molecular flexibility index (Phi) is 6.02. The second kappa shape index (κ2) is 8.86. The lowest BCUT2D eigenvalue weighted by molar-refractivity contribution is -0.143. The van der Waals surface area contributed by atoms with Crippen LogP contribution in [0.5, 0.6) is 0 Å². The molecule has 6 heteroatoms. The number of fused-ring (bicyclic) bond motifs is 1. The molecule has 4 rings (SSSR count). The van der Waals surface area contributed by atoms with E-state index in [9.17, 15) is 14.4 Å². The summed E-state index contributed by atoms with van der Waals surface area (Å²) in [6.07, 6.45) is 1.91. The van der Waals surface area contributed by atoms with Crippen molar-refractivity contribution in [2.75, 3.05) is 39.3 Å². The molecule has 0 N–H and O–H groups in total. The highest BCUT2D eigenvalue weighted by Gasteiger charge is 2.32. The van der Waals surface area contributed by atoms with Crippen molar-refractivity contribution in [3.63, 3.8) is 0 Å². The molecule has 158 valence electrons. The maximum absolute atomic E-state index is 13.1. The molecule has 0 bridgehead atoms. The van der Waals surface area contributed by atoms with Crippen LogP contribution < -0.4 is 0 Å².